The monoisotopic (exact) mass is 311 g/mol. The van der Waals surface area contributed by atoms with Gasteiger partial charge in [0.25, 0.3) is 0 Å². The van der Waals surface area contributed by atoms with Crippen LogP contribution in [-0.4, -0.2) is 73.0 Å². The van der Waals surface area contributed by atoms with Crippen molar-refractivity contribution in [2.24, 2.45) is 5.73 Å². The van der Waals surface area contributed by atoms with Gasteiger partial charge in [-0.15, -0.1) is 0 Å². The molecule has 0 saturated carbocycles. The minimum atomic E-state index is 0.250. The lowest BCUT2D eigenvalue weighted by Crippen LogP contribution is -2.12. The quantitative estimate of drug-likeness (QED) is 0.400. The maximum Gasteiger partial charge on any atom is 0.204 e. The van der Waals surface area contributed by atoms with E-state index in [2.05, 4.69) is 5.73 Å². The van der Waals surface area contributed by atoms with Crippen LogP contribution in [-0.2, 0) is 28.5 Å². The summed E-state index contributed by atoms with van der Waals surface area (Å²) in [5, 5.41) is 0. The summed E-state index contributed by atoms with van der Waals surface area (Å²) in [6.45, 7) is 11.6. The molecule has 7 nitrogen and oxygen atoms in total. The van der Waals surface area contributed by atoms with Crippen LogP contribution in [0.3, 0.4) is 0 Å². The molecule has 0 fully saturated rings. The fraction of sp³-hybridized carbons (Fsp3) is 0.929. The molecule has 0 aliphatic carbocycles. The van der Waals surface area contributed by atoms with Crippen LogP contribution in [0.1, 0.15) is 20.8 Å². The molecule has 0 unspecified atom stereocenters. The molecule has 0 bridgehead atoms. The number of hydrogen-bond acceptors (Lipinski definition) is 6. The van der Waals surface area contributed by atoms with Gasteiger partial charge in [0.05, 0.1) is 52.9 Å². The van der Waals surface area contributed by atoms with Crippen LogP contribution in [0.2, 0.25) is 0 Å². The zero-order valence-electron chi connectivity index (χ0n) is 14.0. The van der Waals surface area contributed by atoms with E-state index in [4.69, 9.17) is 28.5 Å². The predicted octanol–water partition coefficient (Wildman–Crippen LogP) is 0.847. The third-order valence-electron chi connectivity index (χ3n) is 1.75. The van der Waals surface area contributed by atoms with Gasteiger partial charge >= 0.3 is 0 Å². The van der Waals surface area contributed by atoms with Crippen molar-refractivity contribution in [1.82, 2.24) is 0 Å². The van der Waals surface area contributed by atoms with Gasteiger partial charge in [0.2, 0.25) is 6.41 Å². The minimum absolute atomic E-state index is 0.250. The first kappa shape index (κ1) is 25.2. The Hall–Kier alpha value is -0.730. The molecule has 0 aromatic carbocycles. The third kappa shape index (κ3) is 38.2. The summed E-state index contributed by atoms with van der Waals surface area (Å²) in [4.78, 5) is 8.58. The van der Waals surface area contributed by atoms with Crippen molar-refractivity contribution in [1.29, 1.82) is 0 Å². The number of rotatable bonds is 13. The smallest absolute Gasteiger partial charge is 0.204 e. The van der Waals surface area contributed by atoms with Crippen LogP contribution in [0.25, 0.3) is 0 Å². The highest BCUT2D eigenvalue weighted by Crippen LogP contribution is 1.82. The SMILES string of the molecule is CC.CCOCCOCCOCCOCCOC.NC=O. The van der Waals surface area contributed by atoms with E-state index in [1.54, 1.807) is 7.11 Å². The summed E-state index contributed by atoms with van der Waals surface area (Å²) in [7, 11) is 1.65. The van der Waals surface area contributed by atoms with Crippen molar-refractivity contribution in [2.75, 3.05) is 66.6 Å². The molecular formula is C14H33NO6. The summed E-state index contributed by atoms with van der Waals surface area (Å²) >= 11 is 0. The number of carbonyl (C=O) groups excluding carboxylic acids is 1. The largest absolute Gasteiger partial charge is 0.382 e. The summed E-state index contributed by atoms with van der Waals surface area (Å²) in [5.74, 6) is 0. The number of hydrogen-bond donors (Lipinski definition) is 1. The Balaban J connectivity index is -0.000000569. The van der Waals surface area contributed by atoms with E-state index in [1.807, 2.05) is 20.8 Å². The molecule has 0 aliphatic heterocycles. The summed E-state index contributed by atoms with van der Waals surface area (Å²) < 4.78 is 25.7. The molecule has 0 radical (unpaired) electrons. The lowest BCUT2D eigenvalue weighted by atomic mass is 10.7. The normalized spacial score (nSPS) is 9.14. The van der Waals surface area contributed by atoms with E-state index in [1.165, 1.54) is 0 Å². The van der Waals surface area contributed by atoms with E-state index in [9.17, 15) is 0 Å². The molecule has 0 rings (SSSR count). The summed E-state index contributed by atoms with van der Waals surface area (Å²) in [5.41, 5.74) is 4.17. The Kier molecular flexibility index (Phi) is 38.0. The van der Waals surface area contributed by atoms with Gasteiger partial charge < -0.3 is 29.4 Å². The molecule has 0 atom stereocenters. The first-order chi connectivity index (χ1) is 10.3. The fourth-order valence-corrected chi connectivity index (χ4v) is 0.946. The van der Waals surface area contributed by atoms with E-state index in [-0.39, 0.29) is 6.41 Å². The number of ether oxygens (including phenoxy) is 5. The van der Waals surface area contributed by atoms with E-state index < -0.39 is 0 Å². The van der Waals surface area contributed by atoms with Gasteiger partial charge in [-0.25, -0.2) is 0 Å². The molecular weight excluding hydrogens is 278 g/mol. The fourth-order valence-electron chi connectivity index (χ4n) is 0.946. The van der Waals surface area contributed by atoms with Gasteiger partial charge in [-0.1, -0.05) is 13.8 Å². The molecule has 21 heavy (non-hydrogen) atoms. The lowest BCUT2D eigenvalue weighted by Gasteiger charge is -2.06. The number of nitrogens with two attached hydrogens (primary N) is 1. The van der Waals surface area contributed by atoms with Crippen molar-refractivity contribution >= 4 is 6.41 Å². The molecule has 0 heterocycles. The first-order valence-corrected chi connectivity index (χ1v) is 7.28. The van der Waals surface area contributed by atoms with Crippen LogP contribution >= 0.6 is 0 Å². The highest BCUT2D eigenvalue weighted by Gasteiger charge is 1.91. The van der Waals surface area contributed by atoms with E-state index >= 15 is 0 Å². The molecule has 0 saturated heterocycles. The topological polar surface area (TPSA) is 89.2 Å². The Bertz CT molecular complexity index is 146. The van der Waals surface area contributed by atoms with Gasteiger partial charge in [0.1, 0.15) is 0 Å². The van der Waals surface area contributed by atoms with E-state index in [0.717, 1.165) is 6.61 Å². The van der Waals surface area contributed by atoms with Crippen LogP contribution < -0.4 is 5.73 Å². The Morgan fingerprint density at radius 3 is 1.33 bits per heavy atom. The number of carbonyl (C=O) groups is 1. The predicted molar refractivity (Wildman–Crippen MR) is 82.4 cm³/mol. The summed E-state index contributed by atoms with van der Waals surface area (Å²) in [6, 6.07) is 0. The molecule has 0 aromatic heterocycles. The summed E-state index contributed by atoms with van der Waals surface area (Å²) in [6.07, 6.45) is 0.250. The van der Waals surface area contributed by atoms with Crippen LogP contribution in [0, 0.1) is 0 Å². The molecule has 0 aliphatic rings. The zero-order valence-corrected chi connectivity index (χ0v) is 14.0. The Labute approximate surface area is 129 Å². The van der Waals surface area contributed by atoms with Gasteiger partial charge in [0, 0.05) is 13.7 Å². The number of amides is 1. The zero-order chi connectivity index (χ0) is 16.6. The van der Waals surface area contributed by atoms with Crippen molar-refractivity contribution in [3.8, 4) is 0 Å². The van der Waals surface area contributed by atoms with Crippen molar-refractivity contribution in [2.45, 2.75) is 20.8 Å². The van der Waals surface area contributed by atoms with Gasteiger partial charge in [0.15, 0.2) is 0 Å². The molecule has 0 aromatic rings. The molecule has 1 amide bonds. The van der Waals surface area contributed by atoms with E-state index in [0.29, 0.717) is 52.9 Å². The first-order valence-electron chi connectivity index (χ1n) is 7.28. The molecule has 7 heteroatoms. The van der Waals surface area contributed by atoms with Gasteiger partial charge in [-0.2, -0.15) is 0 Å². The molecule has 130 valence electrons. The van der Waals surface area contributed by atoms with Crippen molar-refractivity contribution in [3.05, 3.63) is 0 Å². The second-order valence-electron chi connectivity index (χ2n) is 3.16. The number of primary amides is 1. The second kappa shape index (κ2) is 31.6. The van der Waals surface area contributed by atoms with Crippen molar-refractivity contribution < 1.29 is 28.5 Å². The highest BCUT2D eigenvalue weighted by atomic mass is 16.6. The average Bonchev–Trinajstić information content (AvgIpc) is 2.51. The molecule has 2 N–H and O–H groups in total. The van der Waals surface area contributed by atoms with Crippen LogP contribution in [0.5, 0.6) is 0 Å². The molecule has 0 spiro atoms. The highest BCUT2D eigenvalue weighted by molar-refractivity contribution is 5.42. The minimum Gasteiger partial charge on any atom is -0.382 e. The number of methoxy groups -OCH3 is 1. The van der Waals surface area contributed by atoms with Crippen molar-refractivity contribution in [3.63, 3.8) is 0 Å². The standard InChI is InChI=1S/C11H24O5.C2H6.CH3NO/c1-3-13-6-7-15-10-11-16-9-8-14-5-4-12-2;1-2;2-1-3/h3-11H2,1-2H3;1-2H3;1H,(H2,2,3). The lowest BCUT2D eigenvalue weighted by molar-refractivity contribution is -0.106. The Morgan fingerprint density at radius 2 is 1.05 bits per heavy atom. The van der Waals surface area contributed by atoms with Gasteiger partial charge in [-0.3, -0.25) is 4.79 Å². The maximum absolute atomic E-state index is 8.58. The average molecular weight is 311 g/mol. The van der Waals surface area contributed by atoms with Gasteiger partial charge in [-0.05, 0) is 6.92 Å². The van der Waals surface area contributed by atoms with Crippen LogP contribution in [0.15, 0.2) is 0 Å². The third-order valence-corrected chi connectivity index (χ3v) is 1.75. The van der Waals surface area contributed by atoms with Crippen LogP contribution in [0.4, 0.5) is 0 Å². The second-order valence-corrected chi connectivity index (χ2v) is 3.16. The Morgan fingerprint density at radius 1 is 0.762 bits per heavy atom. The maximum atomic E-state index is 8.58.